The molecule has 0 fully saturated rings. The van der Waals surface area contributed by atoms with E-state index in [1.807, 2.05) is 0 Å². The van der Waals surface area contributed by atoms with Crippen molar-refractivity contribution in [2.75, 3.05) is 0 Å². The molecule has 0 heterocycles. The van der Waals surface area contributed by atoms with E-state index in [1.54, 1.807) is 20.8 Å². The van der Waals surface area contributed by atoms with Crippen molar-refractivity contribution < 1.29 is 9.31 Å². The fourth-order valence-electron chi connectivity index (χ4n) is 1.24. The van der Waals surface area contributed by atoms with Crippen molar-refractivity contribution in [1.82, 2.24) is 0 Å². The monoisotopic (exact) mass is 183 g/mol. The van der Waals surface area contributed by atoms with Crippen LogP contribution < -0.4 is 0 Å². The smallest absolute Gasteiger partial charge is 0.258 e. The second-order valence-corrected chi connectivity index (χ2v) is 3.03. The number of rotatable bonds is 1. The first-order chi connectivity index (χ1) is 5.95. The first kappa shape index (κ1) is 9.64. The molecule has 0 aromatic heterocycles. The Kier molecular flexibility index (Phi) is 2.32. The second kappa shape index (κ2) is 3.12. The van der Waals surface area contributed by atoms with E-state index < -0.39 is 16.4 Å². The van der Waals surface area contributed by atoms with Crippen LogP contribution in [0.25, 0.3) is 0 Å². The van der Waals surface area contributed by atoms with Gasteiger partial charge in [-0.05, 0) is 38.0 Å². The van der Waals surface area contributed by atoms with Gasteiger partial charge in [0.15, 0.2) is 0 Å². The predicted octanol–water partition coefficient (Wildman–Crippen LogP) is 2.66. The fourth-order valence-corrected chi connectivity index (χ4v) is 1.24. The lowest BCUT2D eigenvalue weighted by Crippen LogP contribution is -1.99. The SMILES string of the molecule is Cc1cc(F)c([N+](=O)[O-])c(C)c1C. The Bertz CT molecular complexity index is 374. The summed E-state index contributed by atoms with van der Waals surface area (Å²) in [5.74, 6) is -0.759. The average Bonchev–Trinajstić information content (AvgIpc) is 1.99. The summed E-state index contributed by atoms with van der Waals surface area (Å²) in [6.07, 6.45) is 0. The summed E-state index contributed by atoms with van der Waals surface area (Å²) in [6, 6.07) is 1.19. The molecular weight excluding hydrogens is 173 g/mol. The van der Waals surface area contributed by atoms with Crippen molar-refractivity contribution in [3.8, 4) is 0 Å². The molecule has 1 rings (SSSR count). The predicted molar refractivity (Wildman–Crippen MR) is 47.3 cm³/mol. The number of hydrogen-bond donors (Lipinski definition) is 0. The number of benzene rings is 1. The van der Waals surface area contributed by atoms with E-state index in [9.17, 15) is 14.5 Å². The van der Waals surface area contributed by atoms with Gasteiger partial charge in [0.25, 0.3) is 0 Å². The molecule has 1 aromatic carbocycles. The Balaban J connectivity index is 3.53. The minimum absolute atomic E-state index is 0.405. The Morgan fingerprint density at radius 3 is 2.31 bits per heavy atom. The van der Waals surface area contributed by atoms with Gasteiger partial charge < -0.3 is 0 Å². The molecule has 0 aliphatic heterocycles. The van der Waals surface area contributed by atoms with Gasteiger partial charge in [-0.25, -0.2) is 0 Å². The third-order valence-corrected chi connectivity index (χ3v) is 2.26. The van der Waals surface area contributed by atoms with Crippen molar-refractivity contribution >= 4 is 5.69 Å². The quantitative estimate of drug-likeness (QED) is 0.496. The molecule has 0 saturated heterocycles. The molecule has 0 spiro atoms. The molecule has 0 radical (unpaired) electrons. The zero-order chi connectivity index (χ0) is 10.2. The standard InChI is InChI=1S/C9H10FNO2/c1-5-4-8(10)9(11(12)13)7(3)6(5)2/h4H,1-3H3. The van der Waals surface area contributed by atoms with E-state index in [2.05, 4.69) is 0 Å². The fraction of sp³-hybridized carbons (Fsp3) is 0.333. The van der Waals surface area contributed by atoms with E-state index in [1.165, 1.54) is 6.07 Å². The van der Waals surface area contributed by atoms with E-state index in [4.69, 9.17) is 0 Å². The molecule has 1 aromatic rings. The summed E-state index contributed by atoms with van der Waals surface area (Å²) in [6.45, 7) is 5.04. The zero-order valence-corrected chi connectivity index (χ0v) is 7.72. The van der Waals surface area contributed by atoms with Crippen LogP contribution in [0.3, 0.4) is 0 Å². The van der Waals surface area contributed by atoms with Crippen LogP contribution in [0.15, 0.2) is 6.07 Å². The van der Waals surface area contributed by atoms with Gasteiger partial charge in [-0.15, -0.1) is 0 Å². The summed E-state index contributed by atoms with van der Waals surface area (Å²) in [7, 11) is 0. The molecule has 0 amide bonds. The van der Waals surface area contributed by atoms with Gasteiger partial charge in [0.05, 0.1) is 4.92 Å². The van der Waals surface area contributed by atoms with Crippen molar-refractivity contribution in [3.63, 3.8) is 0 Å². The van der Waals surface area contributed by atoms with Crippen LogP contribution in [0.1, 0.15) is 16.7 Å². The molecule has 0 bridgehead atoms. The largest absolute Gasteiger partial charge is 0.307 e. The Morgan fingerprint density at radius 1 is 1.31 bits per heavy atom. The number of aryl methyl sites for hydroxylation is 1. The number of nitrogens with zero attached hydrogens (tertiary/aromatic N) is 1. The molecule has 0 aliphatic rings. The number of hydrogen-bond acceptors (Lipinski definition) is 2. The van der Waals surface area contributed by atoms with Gasteiger partial charge >= 0.3 is 5.69 Å². The number of halogens is 1. The Labute approximate surface area is 75.3 Å². The van der Waals surface area contributed by atoms with Crippen LogP contribution in [0.2, 0.25) is 0 Å². The van der Waals surface area contributed by atoms with Gasteiger partial charge in [-0.2, -0.15) is 4.39 Å². The molecule has 0 N–H and O–H groups in total. The van der Waals surface area contributed by atoms with Gasteiger partial charge in [0, 0.05) is 5.56 Å². The molecule has 70 valence electrons. The zero-order valence-electron chi connectivity index (χ0n) is 7.72. The summed E-state index contributed by atoms with van der Waals surface area (Å²) >= 11 is 0. The third-order valence-electron chi connectivity index (χ3n) is 2.26. The van der Waals surface area contributed by atoms with Crippen molar-refractivity contribution in [3.05, 3.63) is 38.7 Å². The molecule has 0 unspecified atom stereocenters. The second-order valence-electron chi connectivity index (χ2n) is 3.03. The highest BCUT2D eigenvalue weighted by Gasteiger charge is 2.20. The lowest BCUT2D eigenvalue weighted by Gasteiger charge is -2.05. The van der Waals surface area contributed by atoms with Crippen molar-refractivity contribution in [1.29, 1.82) is 0 Å². The van der Waals surface area contributed by atoms with Gasteiger partial charge in [0.1, 0.15) is 0 Å². The van der Waals surface area contributed by atoms with Crippen LogP contribution in [0.5, 0.6) is 0 Å². The molecule has 3 nitrogen and oxygen atoms in total. The van der Waals surface area contributed by atoms with E-state index >= 15 is 0 Å². The Morgan fingerprint density at radius 2 is 1.85 bits per heavy atom. The van der Waals surface area contributed by atoms with Gasteiger partial charge in [-0.3, -0.25) is 10.1 Å². The molecule has 0 atom stereocenters. The summed E-state index contributed by atoms with van der Waals surface area (Å²) in [4.78, 5) is 9.79. The summed E-state index contributed by atoms with van der Waals surface area (Å²) in [5.41, 5.74) is 1.50. The highest BCUT2D eigenvalue weighted by Crippen LogP contribution is 2.26. The van der Waals surface area contributed by atoms with Crippen molar-refractivity contribution in [2.24, 2.45) is 0 Å². The lowest BCUT2D eigenvalue weighted by atomic mass is 10.0. The van der Waals surface area contributed by atoms with Crippen LogP contribution in [-0.2, 0) is 0 Å². The first-order valence-corrected chi connectivity index (χ1v) is 3.86. The van der Waals surface area contributed by atoms with Gasteiger partial charge in [-0.1, -0.05) is 0 Å². The van der Waals surface area contributed by atoms with Crippen LogP contribution in [0, 0.1) is 36.7 Å². The molecule has 0 saturated carbocycles. The van der Waals surface area contributed by atoms with Crippen LogP contribution in [-0.4, -0.2) is 4.92 Å². The van der Waals surface area contributed by atoms with E-state index in [0.29, 0.717) is 5.56 Å². The number of nitro groups is 1. The highest BCUT2D eigenvalue weighted by molar-refractivity contribution is 5.48. The minimum atomic E-state index is -0.759. The molecule has 13 heavy (non-hydrogen) atoms. The molecule has 0 aliphatic carbocycles. The van der Waals surface area contributed by atoms with E-state index in [0.717, 1.165) is 11.1 Å². The normalized spacial score (nSPS) is 10.2. The first-order valence-electron chi connectivity index (χ1n) is 3.86. The average molecular weight is 183 g/mol. The maximum atomic E-state index is 13.1. The summed E-state index contributed by atoms with van der Waals surface area (Å²) in [5, 5.41) is 10.5. The highest BCUT2D eigenvalue weighted by atomic mass is 19.1. The maximum Gasteiger partial charge on any atom is 0.307 e. The Hall–Kier alpha value is -1.45. The van der Waals surface area contributed by atoms with Gasteiger partial charge in [0.2, 0.25) is 5.82 Å². The maximum absolute atomic E-state index is 13.1. The molecule has 4 heteroatoms. The number of nitro benzene ring substituents is 1. The molecular formula is C9H10FNO2. The van der Waals surface area contributed by atoms with Crippen molar-refractivity contribution in [2.45, 2.75) is 20.8 Å². The summed E-state index contributed by atoms with van der Waals surface area (Å²) < 4.78 is 13.1. The van der Waals surface area contributed by atoms with Crippen LogP contribution in [0.4, 0.5) is 10.1 Å². The third kappa shape index (κ3) is 1.52. The van der Waals surface area contributed by atoms with Crippen LogP contribution >= 0.6 is 0 Å². The minimum Gasteiger partial charge on any atom is -0.258 e. The lowest BCUT2D eigenvalue weighted by molar-refractivity contribution is -0.388. The van der Waals surface area contributed by atoms with E-state index in [-0.39, 0.29) is 0 Å². The topological polar surface area (TPSA) is 43.1 Å².